The van der Waals surface area contributed by atoms with Crippen molar-refractivity contribution in [2.45, 2.75) is 12.5 Å². The van der Waals surface area contributed by atoms with Crippen LogP contribution in [0.25, 0.3) is 0 Å². The number of carbonyl (C=O) groups is 1. The number of anilines is 1. The predicted octanol–water partition coefficient (Wildman–Crippen LogP) is 0.474. The van der Waals surface area contributed by atoms with E-state index in [1.165, 1.54) is 31.2 Å². The number of hydrogen-bond donors (Lipinski definition) is 3. The number of benzene rings is 1. The quantitative estimate of drug-likeness (QED) is 0.679. The van der Waals surface area contributed by atoms with Gasteiger partial charge in [0, 0.05) is 5.69 Å². The molecule has 4 nitrogen and oxygen atoms in total. The Labute approximate surface area is 86.9 Å². The fraction of sp³-hybridized carbons (Fsp3) is 0.300. The van der Waals surface area contributed by atoms with Gasteiger partial charge in [0.25, 0.3) is 0 Å². The maximum Gasteiger partial charge on any atom is 0.245 e. The summed E-state index contributed by atoms with van der Waals surface area (Å²) >= 11 is 0. The van der Waals surface area contributed by atoms with Crippen LogP contribution in [0, 0.1) is 5.82 Å². The molecule has 15 heavy (non-hydrogen) atoms. The van der Waals surface area contributed by atoms with Gasteiger partial charge in [-0.2, -0.15) is 0 Å². The topological polar surface area (TPSA) is 75.3 Å². The molecule has 82 valence electrons. The molecular weight excluding hydrogens is 199 g/mol. The van der Waals surface area contributed by atoms with E-state index in [4.69, 9.17) is 10.8 Å². The van der Waals surface area contributed by atoms with Crippen LogP contribution in [0.2, 0.25) is 0 Å². The van der Waals surface area contributed by atoms with E-state index in [1.807, 2.05) is 0 Å². The number of aliphatic hydroxyl groups excluding tert-OH is 1. The molecule has 1 rings (SSSR count). The van der Waals surface area contributed by atoms with E-state index in [0.29, 0.717) is 5.69 Å². The predicted molar refractivity (Wildman–Crippen MR) is 54.7 cm³/mol. The first-order valence-corrected chi connectivity index (χ1v) is 4.42. The summed E-state index contributed by atoms with van der Waals surface area (Å²) in [5, 5.41) is 11.8. The average molecular weight is 212 g/mol. The molecule has 0 aromatic heterocycles. The molecule has 1 aromatic carbocycles. The van der Waals surface area contributed by atoms with Gasteiger partial charge in [0.1, 0.15) is 11.4 Å². The van der Waals surface area contributed by atoms with Gasteiger partial charge in [-0.25, -0.2) is 4.39 Å². The maximum absolute atomic E-state index is 12.6. The summed E-state index contributed by atoms with van der Waals surface area (Å²) in [5.41, 5.74) is 4.41. The van der Waals surface area contributed by atoms with E-state index in [0.717, 1.165) is 0 Å². The number of nitrogens with two attached hydrogens (primary N) is 1. The highest BCUT2D eigenvalue weighted by atomic mass is 19.1. The normalized spacial score (nSPS) is 14.3. The van der Waals surface area contributed by atoms with E-state index >= 15 is 0 Å². The van der Waals surface area contributed by atoms with E-state index < -0.39 is 18.1 Å². The number of halogens is 1. The Morgan fingerprint density at radius 2 is 2.07 bits per heavy atom. The van der Waals surface area contributed by atoms with E-state index in [9.17, 15) is 9.18 Å². The molecule has 0 saturated carbocycles. The lowest BCUT2D eigenvalue weighted by Gasteiger charge is -2.26. The van der Waals surface area contributed by atoms with Crippen molar-refractivity contribution in [3.8, 4) is 0 Å². The number of nitrogens with one attached hydrogen (secondary N) is 1. The molecule has 0 radical (unpaired) electrons. The monoisotopic (exact) mass is 212 g/mol. The van der Waals surface area contributed by atoms with Gasteiger partial charge in [-0.3, -0.25) is 4.79 Å². The third-order valence-corrected chi connectivity index (χ3v) is 2.12. The van der Waals surface area contributed by atoms with Gasteiger partial charge >= 0.3 is 0 Å². The second-order valence-electron chi connectivity index (χ2n) is 3.49. The van der Waals surface area contributed by atoms with Crippen LogP contribution in [0.4, 0.5) is 10.1 Å². The van der Waals surface area contributed by atoms with Gasteiger partial charge in [0.05, 0.1) is 6.61 Å². The minimum atomic E-state index is -1.24. The molecule has 0 saturated heterocycles. The standard InChI is InChI=1S/C10H13FN2O2/c1-10(6-14,9(12)15)13-8-4-2-7(11)3-5-8/h2-5,13-14H,6H2,1H3,(H2,12,15). The number of rotatable bonds is 4. The summed E-state index contributed by atoms with van der Waals surface area (Å²) in [6.45, 7) is 1.04. The molecule has 5 heteroatoms. The van der Waals surface area contributed by atoms with E-state index in [2.05, 4.69) is 5.32 Å². The molecular formula is C10H13FN2O2. The average Bonchev–Trinajstić information content (AvgIpc) is 2.21. The molecule has 0 spiro atoms. The highest BCUT2D eigenvalue weighted by molar-refractivity contribution is 5.87. The molecule has 1 atom stereocenters. The first kappa shape index (κ1) is 11.5. The van der Waals surface area contributed by atoms with E-state index in [1.54, 1.807) is 0 Å². The van der Waals surface area contributed by atoms with Crippen LogP contribution in [-0.4, -0.2) is 23.2 Å². The maximum atomic E-state index is 12.6. The highest BCUT2D eigenvalue weighted by Gasteiger charge is 2.29. The number of primary amides is 1. The summed E-state index contributed by atoms with van der Waals surface area (Å²) in [4.78, 5) is 11.0. The second-order valence-corrected chi connectivity index (χ2v) is 3.49. The summed E-state index contributed by atoms with van der Waals surface area (Å²) in [6, 6.07) is 5.43. The molecule has 0 fully saturated rings. The Morgan fingerprint density at radius 3 is 2.47 bits per heavy atom. The number of carbonyl (C=O) groups excluding carboxylic acids is 1. The molecule has 0 aliphatic rings. The highest BCUT2D eigenvalue weighted by Crippen LogP contribution is 2.15. The van der Waals surface area contributed by atoms with Gasteiger partial charge in [-0.15, -0.1) is 0 Å². The van der Waals surface area contributed by atoms with Crippen molar-refractivity contribution in [1.82, 2.24) is 0 Å². The van der Waals surface area contributed by atoms with Crippen LogP contribution in [0.3, 0.4) is 0 Å². The fourth-order valence-electron chi connectivity index (χ4n) is 1.03. The zero-order valence-electron chi connectivity index (χ0n) is 8.33. The number of amides is 1. The molecule has 0 aliphatic heterocycles. The molecule has 0 heterocycles. The minimum absolute atomic E-state index is 0.370. The van der Waals surface area contributed by atoms with Crippen molar-refractivity contribution < 1.29 is 14.3 Å². The minimum Gasteiger partial charge on any atom is -0.393 e. The molecule has 1 unspecified atom stereocenters. The SMILES string of the molecule is CC(CO)(Nc1ccc(F)cc1)C(N)=O. The molecule has 1 aromatic rings. The fourth-order valence-corrected chi connectivity index (χ4v) is 1.03. The van der Waals surface area contributed by atoms with Gasteiger partial charge in [0.15, 0.2) is 0 Å². The first-order valence-electron chi connectivity index (χ1n) is 4.42. The van der Waals surface area contributed by atoms with Crippen LogP contribution in [0.5, 0.6) is 0 Å². The van der Waals surface area contributed by atoms with Gasteiger partial charge in [-0.1, -0.05) is 0 Å². The van der Waals surface area contributed by atoms with Gasteiger partial charge in [-0.05, 0) is 31.2 Å². The zero-order chi connectivity index (χ0) is 11.5. The van der Waals surface area contributed by atoms with Gasteiger partial charge < -0.3 is 16.2 Å². The van der Waals surface area contributed by atoms with Crippen molar-refractivity contribution in [2.75, 3.05) is 11.9 Å². The summed E-state index contributed by atoms with van der Waals surface area (Å²) in [6.07, 6.45) is 0. The Hall–Kier alpha value is -1.62. The van der Waals surface area contributed by atoms with Crippen molar-refractivity contribution in [3.63, 3.8) is 0 Å². The first-order chi connectivity index (χ1) is 6.98. The van der Waals surface area contributed by atoms with Crippen LogP contribution in [-0.2, 0) is 4.79 Å². The van der Waals surface area contributed by atoms with Crippen molar-refractivity contribution in [3.05, 3.63) is 30.1 Å². The zero-order valence-corrected chi connectivity index (χ0v) is 8.33. The summed E-state index contributed by atoms with van der Waals surface area (Å²) in [5.74, 6) is -1.04. The number of aliphatic hydroxyl groups is 1. The van der Waals surface area contributed by atoms with Crippen LogP contribution < -0.4 is 11.1 Å². The molecule has 0 aliphatic carbocycles. The van der Waals surface area contributed by atoms with Crippen molar-refractivity contribution in [1.29, 1.82) is 0 Å². The Morgan fingerprint density at radius 1 is 1.53 bits per heavy atom. The second kappa shape index (κ2) is 4.27. The largest absolute Gasteiger partial charge is 0.393 e. The van der Waals surface area contributed by atoms with Crippen molar-refractivity contribution in [2.24, 2.45) is 5.73 Å². The van der Waals surface area contributed by atoms with Crippen molar-refractivity contribution >= 4 is 11.6 Å². The Balaban J connectivity index is 2.84. The summed E-state index contributed by atoms with van der Waals surface area (Å²) in [7, 11) is 0. The lowest BCUT2D eigenvalue weighted by Crippen LogP contribution is -2.50. The lowest BCUT2D eigenvalue weighted by atomic mass is 10.0. The number of hydrogen-bond acceptors (Lipinski definition) is 3. The Kier molecular flexibility index (Phi) is 3.26. The molecule has 0 bridgehead atoms. The summed E-state index contributed by atoms with van der Waals surface area (Å²) < 4.78 is 12.6. The molecule has 1 amide bonds. The third kappa shape index (κ3) is 2.66. The lowest BCUT2D eigenvalue weighted by molar-refractivity contribution is -0.122. The Bertz CT molecular complexity index is 353. The van der Waals surface area contributed by atoms with Crippen LogP contribution >= 0.6 is 0 Å². The van der Waals surface area contributed by atoms with Crippen LogP contribution in [0.15, 0.2) is 24.3 Å². The van der Waals surface area contributed by atoms with Crippen LogP contribution in [0.1, 0.15) is 6.92 Å². The smallest absolute Gasteiger partial charge is 0.245 e. The third-order valence-electron chi connectivity index (χ3n) is 2.12. The van der Waals surface area contributed by atoms with Gasteiger partial charge in [0.2, 0.25) is 5.91 Å². The van der Waals surface area contributed by atoms with E-state index in [-0.39, 0.29) is 5.82 Å². The molecule has 4 N–H and O–H groups in total.